The molecule has 0 saturated heterocycles. The average molecular weight is 394 g/mol. The summed E-state index contributed by atoms with van der Waals surface area (Å²) in [6.45, 7) is 7.62. The van der Waals surface area contributed by atoms with Crippen LogP contribution in [0.2, 0.25) is 0 Å². The van der Waals surface area contributed by atoms with Crippen molar-refractivity contribution in [1.29, 1.82) is 0 Å². The summed E-state index contributed by atoms with van der Waals surface area (Å²) in [7, 11) is 1.66. The predicted molar refractivity (Wildman–Crippen MR) is 116 cm³/mol. The number of hydrogen-bond acceptors (Lipinski definition) is 6. The van der Waals surface area contributed by atoms with E-state index >= 15 is 0 Å². The van der Waals surface area contributed by atoms with E-state index in [2.05, 4.69) is 33.1 Å². The second-order valence-corrected chi connectivity index (χ2v) is 7.83. The Labute approximate surface area is 165 Å². The number of thioether (sulfide) groups is 1. The number of benzene rings is 1. The summed E-state index contributed by atoms with van der Waals surface area (Å²) >= 11 is 7.03. The summed E-state index contributed by atoms with van der Waals surface area (Å²) in [4.78, 5) is 4.53. The van der Waals surface area contributed by atoms with Crippen LogP contribution in [0.1, 0.15) is 32.8 Å². The zero-order valence-corrected chi connectivity index (χ0v) is 17.3. The molecule has 0 aliphatic carbocycles. The number of anilines is 1. The van der Waals surface area contributed by atoms with Crippen molar-refractivity contribution in [3.63, 3.8) is 0 Å². The van der Waals surface area contributed by atoms with Crippen molar-refractivity contribution in [3.8, 4) is 0 Å². The topological polar surface area (TPSA) is 70.0 Å². The van der Waals surface area contributed by atoms with Crippen molar-refractivity contribution >= 4 is 45.7 Å². The van der Waals surface area contributed by atoms with E-state index in [0.29, 0.717) is 17.0 Å². The van der Waals surface area contributed by atoms with Crippen LogP contribution in [0.25, 0.3) is 0 Å². The highest BCUT2D eigenvalue weighted by Crippen LogP contribution is 2.24. The Bertz CT molecular complexity index is 660. The van der Waals surface area contributed by atoms with Crippen molar-refractivity contribution in [2.75, 3.05) is 25.6 Å². The zero-order valence-electron chi connectivity index (χ0n) is 15.7. The Morgan fingerprint density at radius 1 is 1.42 bits per heavy atom. The van der Waals surface area contributed by atoms with E-state index in [4.69, 9.17) is 17.0 Å². The third-order valence-electron chi connectivity index (χ3n) is 3.85. The molecule has 1 aliphatic heterocycles. The standard InChI is InChI=1S/C18H27N5OS2/c1-5-16-10-19-18(26-16)21-15-8-6-14(7-9-15)13(3)22-23-17(25)20-12(2)11-24-4/h6-9,12,16H,5,10-11H2,1-4H3,(H,19,21)(H2,20,23,25)/b22-13-/t12-,16+/m1/s1. The highest BCUT2D eigenvalue weighted by Gasteiger charge is 2.17. The van der Waals surface area contributed by atoms with Crippen LogP contribution in [0.15, 0.2) is 34.4 Å². The molecule has 1 aromatic rings. The number of aliphatic imine (C=N–C) groups is 1. The van der Waals surface area contributed by atoms with E-state index in [0.717, 1.165) is 35.1 Å². The van der Waals surface area contributed by atoms with Crippen molar-refractivity contribution in [2.24, 2.45) is 10.1 Å². The summed E-state index contributed by atoms with van der Waals surface area (Å²) in [6, 6.07) is 8.26. The fourth-order valence-corrected chi connectivity index (χ4v) is 3.57. The number of thiocarbonyl (C=S) groups is 1. The van der Waals surface area contributed by atoms with E-state index < -0.39 is 0 Å². The van der Waals surface area contributed by atoms with Gasteiger partial charge in [-0.2, -0.15) is 5.10 Å². The van der Waals surface area contributed by atoms with Crippen LogP contribution in [0.5, 0.6) is 0 Å². The lowest BCUT2D eigenvalue weighted by Gasteiger charge is -2.14. The molecule has 26 heavy (non-hydrogen) atoms. The van der Waals surface area contributed by atoms with Crippen LogP contribution < -0.4 is 16.1 Å². The van der Waals surface area contributed by atoms with Gasteiger partial charge in [0.25, 0.3) is 0 Å². The molecule has 0 amide bonds. The van der Waals surface area contributed by atoms with Gasteiger partial charge in [-0.25, -0.2) is 0 Å². The number of hydrogen-bond donors (Lipinski definition) is 3. The largest absolute Gasteiger partial charge is 0.383 e. The van der Waals surface area contributed by atoms with Crippen LogP contribution in [0, 0.1) is 0 Å². The van der Waals surface area contributed by atoms with Gasteiger partial charge in [0.1, 0.15) is 0 Å². The lowest BCUT2D eigenvalue weighted by molar-refractivity contribution is 0.179. The second kappa shape index (κ2) is 10.5. The third-order valence-corrected chi connectivity index (χ3v) is 5.32. The van der Waals surface area contributed by atoms with Crippen LogP contribution in [-0.2, 0) is 4.74 Å². The number of nitrogens with zero attached hydrogens (tertiary/aromatic N) is 2. The summed E-state index contributed by atoms with van der Waals surface area (Å²) < 4.78 is 5.07. The molecule has 2 atom stereocenters. The summed E-state index contributed by atoms with van der Waals surface area (Å²) in [5, 5.41) is 12.9. The molecule has 2 rings (SSSR count). The van der Waals surface area contributed by atoms with Crippen molar-refractivity contribution in [2.45, 2.75) is 38.5 Å². The molecule has 8 heteroatoms. The number of nitrogens with one attached hydrogen (secondary N) is 3. The number of amidine groups is 1. The maximum Gasteiger partial charge on any atom is 0.187 e. The van der Waals surface area contributed by atoms with E-state index in [9.17, 15) is 0 Å². The van der Waals surface area contributed by atoms with Gasteiger partial charge >= 0.3 is 0 Å². The first-order chi connectivity index (χ1) is 12.5. The maximum absolute atomic E-state index is 5.22. The Balaban J connectivity index is 1.86. The van der Waals surface area contributed by atoms with Gasteiger partial charge in [0.15, 0.2) is 10.3 Å². The molecule has 0 saturated carbocycles. The first-order valence-electron chi connectivity index (χ1n) is 8.70. The Kier molecular flexibility index (Phi) is 8.34. The Morgan fingerprint density at radius 2 is 2.15 bits per heavy atom. The number of hydrazone groups is 1. The van der Waals surface area contributed by atoms with Crippen molar-refractivity contribution < 1.29 is 4.74 Å². The van der Waals surface area contributed by atoms with Crippen LogP contribution in [0.4, 0.5) is 5.69 Å². The molecule has 0 radical (unpaired) electrons. The van der Waals surface area contributed by atoms with Gasteiger partial charge in [-0.15, -0.1) is 0 Å². The van der Waals surface area contributed by atoms with E-state index in [1.807, 2.05) is 49.9 Å². The molecular weight excluding hydrogens is 366 g/mol. The summed E-state index contributed by atoms with van der Waals surface area (Å²) in [5.41, 5.74) is 5.79. The van der Waals surface area contributed by atoms with Gasteiger partial charge in [-0.3, -0.25) is 10.4 Å². The molecule has 0 aromatic heterocycles. The smallest absolute Gasteiger partial charge is 0.187 e. The van der Waals surface area contributed by atoms with E-state index in [-0.39, 0.29) is 6.04 Å². The first-order valence-corrected chi connectivity index (χ1v) is 9.99. The molecule has 1 heterocycles. The van der Waals surface area contributed by atoms with Gasteiger partial charge in [-0.05, 0) is 50.2 Å². The molecule has 1 aromatic carbocycles. The summed E-state index contributed by atoms with van der Waals surface area (Å²) in [5.74, 6) is 0. The summed E-state index contributed by atoms with van der Waals surface area (Å²) in [6.07, 6.45) is 1.14. The molecule has 0 unspecified atom stereocenters. The van der Waals surface area contributed by atoms with Crippen molar-refractivity contribution in [3.05, 3.63) is 29.8 Å². The minimum absolute atomic E-state index is 0.129. The third kappa shape index (κ3) is 6.59. The maximum atomic E-state index is 5.22. The molecule has 0 fully saturated rings. The van der Waals surface area contributed by atoms with Gasteiger partial charge < -0.3 is 15.4 Å². The molecule has 6 nitrogen and oxygen atoms in total. The van der Waals surface area contributed by atoms with Gasteiger partial charge in [0, 0.05) is 24.1 Å². The lowest BCUT2D eigenvalue weighted by Crippen LogP contribution is -2.40. The predicted octanol–water partition coefficient (Wildman–Crippen LogP) is 3.20. The number of methoxy groups -OCH3 is 1. The zero-order chi connectivity index (χ0) is 18.9. The molecule has 0 bridgehead atoms. The SMILES string of the molecule is CC[C@H]1CN=C(Nc2ccc(/C(C)=N\NC(=S)N[C@H](C)COC)cc2)S1. The minimum atomic E-state index is 0.129. The molecule has 1 aliphatic rings. The van der Waals surface area contributed by atoms with Gasteiger partial charge in [-0.1, -0.05) is 30.8 Å². The monoisotopic (exact) mass is 393 g/mol. The fourth-order valence-electron chi connectivity index (χ4n) is 2.36. The molecule has 0 spiro atoms. The quantitative estimate of drug-likeness (QED) is 0.375. The Morgan fingerprint density at radius 3 is 2.77 bits per heavy atom. The van der Waals surface area contributed by atoms with Crippen molar-refractivity contribution in [1.82, 2.24) is 10.7 Å². The molecular formula is C18H27N5OS2. The number of rotatable bonds is 7. The van der Waals surface area contributed by atoms with Crippen LogP contribution in [0.3, 0.4) is 0 Å². The fraction of sp³-hybridized carbons (Fsp3) is 0.500. The Hall–Kier alpha value is -1.64. The minimum Gasteiger partial charge on any atom is -0.383 e. The van der Waals surface area contributed by atoms with E-state index in [1.54, 1.807) is 7.11 Å². The highest BCUT2D eigenvalue weighted by molar-refractivity contribution is 8.15. The highest BCUT2D eigenvalue weighted by atomic mass is 32.2. The van der Waals surface area contributed by atoms with E-state index in [1.165, 1.54) is 0 Å². The molecule has 142 valence electrons. The van der Waals surface area contributed by atoms with Gasteiger partial charge in [0.05, 0.1) is 18.9 Å². The van der Waals surface area contributed by atoms with Gasteiger partial charge in [0.2, 0.25) is 0 Å². The second-order valence-electron chi connectivity index (χ2n) is 6.14. The average Bonchev–Trinajstić information content (AvgIpc) is 3.08. The lowest BCUT2D eigenvalue weighted by atomic mass is 10.1. The number of ether oxygens (including phenoxy) is 1. The normalized spacial score (nSPS) is 18.2. The van der Waals surface area contributed by atoms with Crippen LogP contribution in [-0.4, -0.2) is 47.5 Å². The first kappa shape index (κ1) is 20.7. The van der Waals surface area contributed by atoms with Crippen LogP contribution >= 0.6 is 24.0 Å². The molecule has 3 N–H and O–H groups in total.